The molecule has 0 saturated carbocycles. The van der Waals surface area contributed by atoms with E-state index in [-0.39, 0.29) is 11.5 Å². The van der Waals surface area contributed by atoms with Crippen molar-refractivity contribution in [3.8, 4) is 5.75 Å². The summed E-state index contributed by atoms with van der Waals surface area (Å²) in [6, 6.07) is 4.92. The first kappa shape index (κ1) is 12.1. The first-order valence-electron chi connectivity index (χ1n) is 6.31. The molecule has 1 N–H and O–H groups in total. The third-order valence-corrected chi connectivity index (χ3v) is 3.47. The van der Waals surface area contributed by atoms with Crippen LogP contribution in [0.3, 0.4) is 0 Å². The maximum atomic E-state index is 11.7. The van der Waals surface area contributed by atoms with Crippen LogP contribution < -0.4 is 10.0 Å². The monoisotopic (exact) mass is 233 g/mol. The summed E-state index contributed by atoms with van der Waals surface area (Å²) in [6.45, 7) is 4.59. The molecule has 0 amide bonds. The fourth-order valence-corrected chi connectivity index (χ4v) is 2.43. The lowest BCUT2D eigenvalue weighted by molar-refractivity contribution is -0.918. The minimum Gasteiger partial charge on any atom is -0.872 e. The molecule has 0 spiro atoms. The summed E-state index contributed by atoms with van der Waals surface area (Å²) in [5.41, 5.74) is 1.44. The van der Waals surface area contributed by atoms with Crippen LogP contribution in [-0.2, 0) is 6.54 Å². The van der Waals surface area contributed by atoms with Crippen LogP contribution in [0.25, 0.3) is 0 Å². The molecule has 3 heteroatoms. The molecule has 0 aliphatic carbocycles. The molecule has 0 aromatic heterocycles. The average molecular weight is 233 g/mol. The predicted octanol–water partition coefficient (Wildman–Crippen LogP) is 0.532. The maximum Gasteiger partial charge on any atom is 0.159 e. The number of quaternary nitrogens is 1. The summed E-state index contributed by atoms with van der Waals surface area (Å²) in [5, 5.41) is 11.7. The number of carbonyl (C=O) groups excluding carboxylic acids is 1. The number of nitrogens with one attached hydrogen (secondary N) is 1. The third kappa shape index (κ3) is 3.07. The highest BCUT2D eigenvalue weighted by Crippen LogP contribution is 2.15. The van der Waals surface area contributed by atoms with E-state index in [1.54, 1.807) is 12.1 Å². The Morgan fingerprint density at radius 1 is 1.29 bits per heavy atom. The standard InChI is InChI=1S/C14H19NO2/c1-11(16)12-5-6-14(17)13(9-12)10-15-7-3-2-4-8-15/h5-6,9,17H,2-4,7-8,10H2,1H3. The highest BCUT2D eigenvalue weighted by atomic mass is 16.3. The van der Waals surface area contributed by atoms with E-state index in [0.29, 0.717) is 5.56 Å². The molecule has 0 radical (unpaired) electrons. The lowest BCUT2D eigenvalue weighted by Gasteiger charge is -2.25. The van der Waals surface area contributed by atoms with Crippen LogP contribution in [0.15, 0.2) is 18.2 Å². The number of hydrogen-bond donors (Lipinski definition) is 1. The number of rotatable bonds is 3. The maximum absolute atomic E-state index is 11.7. The molecule has 92 valence electrons. The van der Waals surface area contributed by atoms with E-state index in [0.717, 1.165) is 25.2 Å². The number of likely N-dealkylation sites (tertiary alicyclic amines) is 1. The molecule has 2 rings (SSSR count). The second-order valence-corrected chi connectivity index (χ2v) is 4.87. The van der Waals surface area contributed by atoms with Crippen molar-refractivity contribution >= 4 is 5.78 Å². The van der Waals surface area contributed by atoms with Gasteiger partial charge in [-0.1, -0.05) is 12.1 Å². The van der Waals surface area contributed by atoms with Crippen molar-refractivity contribution in [2.45, 2.75) is 32.7 Å². The predicted molar refractivity (Wildman–Crippen MR) is 64.1 cm³/mol. The summed E-state index contributed by atoms with van der Waals surface area (Å²) >= 11 is 0. The van der Waals surface area contributed by atoms with Crippen molar-refractivity contribution in [3.05, 3.63) is 29.3 Å². The van der Waals surface area contributed by atoms with Crippen molar-refractivity contribution in [1.82, 2.24) is 0 Å². The van der Waals surface area contributed by atoms with Crippen LogP contribution in [0.1, 0.15) is 42.1 Å². The minimum absolute atomic E-state index is 0.0277. The minimum atomic E-state index is 0.0277. The number of ketones is 1. The Morgan fingerprint density at radius 3 is 2.65 bits per heavy atom. The van der Waals surface area contributed by atoms with Gasteiger partial charge < -0.3 is 10.0 Å². The van der Waals surface area contributed by atoms with Crippen molar-refractivity contribution in [2.75, 3.05) is 13.1 Å². The van der Waals surface area contributed by atoms with Gasteiger partial charge in [0, 0.05) is 5.56 Å². The summed E-state index contributed by atoms with van der Waals surface area (Å²) in [7, 11) is 0. The number of hydrogen-bond acceptors (Lipinski definition) is 2. The van der Waals surface area contributed by atoms with Gasteiger partial charge in [-0.05, 0) is 37.8 Å². The molecule has 1 heterocycles. The van der Waals surface area contributed by atoms with Crippen LogP contribution >= 0.6 is 0 Å². The number of Topliss-reactive ketones (excluding diaryl/α,β-unsaturated/α-hetero) is 1. The van der Waals surface area contributed by atoms with Crippen LogP contribution in [0.4, 0.5) is 0 Å². The van der Waals surface area contributed by atoms with Crippen molar-refractivity contribution in [1.29, 1.82) is 0 Å². The quantitative estimate of drug-likeness (QED) is 0.774. The highest BCUT2D eigenvalue weighted by Gasteiger charge is 2.14. The summed E-state index contributed by atoms with van der Waals surface area (Å²) < 4.78 is 0. The summed E-state index contributed by atoms with van der Waals surface area (Å²) in [4.78, 5) is 12.8. The molecule has 0 bridgehead atoms. The third-order valence-electron chi connectivity index (χ3n) is 3.47. The van der Waals surface area contributed by atoms with Gasteiger partial charge in [0.25, 0.3) is 0 Å². The first-order valence-corrected chi connectivity index (χ1v) is 6.31. The molecule has 1 aliphatic rings. The van der Waals surface area contributed by atoms with Crippen molar-refractivity contribution < 1.29 is 14.8 Å². The first-order chi connectivity index (χ1) is 8.16. The molecule has 1 saturated heterocycles. The Kier molecular flexibility index (Phi) is 3.79. The number of carbonyl (C=O) groups is 1. The summed E-state index contributed by atoms with van der Waals surface area (Å²) in [5.74, 6) is 0.0907. The average Bonchev–Trinajstić information content (AvgIpc) is 2.33. The van der Waals surface area contributed by atoms with Crippen LogP contribution in [0.5, 0.6) is 5.75 Å². The van der Waals surface area contributed by atoms with Gasteiger partial charge in [-0.2, -0.15) is 0 Å². The molecule has 1 aromatic rings. The zero-order chi connectivity index (χ0) is 12.3. The smallest absolute Gasteiger partial charge is 0.159 e. The van der Waals surface area contributed by atoms with E-state index in [9.17, 15) is 9.90 Å². The van der Waals surface area contributed by atoms with Gasteiger partial charge in [0.1, 0.15) is 6.54 Å². The molecule has 1 fully saturated rings. The lowest BCUT2D eigenvalue weighted by atomic mass is 10.0. The SMILES string of the molecule is CC(=O)c1ccc([O-])c(C[NH+]2CCCCC2)c1. The van der Waals surface area contributed by atoms with E-state index >= 15 is 0 Å². The Bertz CT molecular complexity index is 409. The Hall–Kier alpha value is -1.35. The van der Waals surface area contributed by atoms with Crippen LogP contribution in [0, 0.1) is 0 Å². The second-order valence-electron chi connectivity index (χ2n) is 4.87. The van der Waals surface area contributed by atoms with Gasteiger partial charge in [0.05, 0.1) is 13.1 Å². The Balaban J connectivity index is 2.13. The normalized spacial score (nSPS) is 17.0. The fraction of sp³-hybridized carbons (Fsp3) is 0.500. The molecule has 1 aromatic carbocycles. The van der Waals surface area contributed by atoms with E-state index in [2.05, 4.69) is 0 Å². The zero-order valence-corrected chi connectivity index (χ0v) is 10.3. The van der Waals surface area contributed by atoms with E-state index in [1.807, 2.05) is 0 Å². The molecule has 0 atom stereocenters. The van der Waals surface area contributed by atoms with Gasteiger partial charge in [-0.25, -0.2) is 0 Å². The number of piperidine rings is 1. The van der Waals surface area contributed by atoms with E-state index in [4.69, 9.17) is 0 Å². The topological polar surface area (TPSA) is 44.6 Å². The zero-order valence-electron chi connectivity index (χ0n) is 10.3. The van der Waals surface area contributed by atoms with E-state index in [1.165, 1.54) is 37.2 Å². The molecular formula is C14H19NO2. The van der Waals surface area contributed by atoms with E-state index < -0.39 is 0 Å². The van der Waals surface area contributed by atoms with Crippen molar-refractivity contribution in [3.63, 3.8) is 0 Å². The fourth-order valence-electron chi connectivity index (χ4n) is 2.43. The highest BCUT2D eigenvalue weighted by molar-refractivity contribution is 5.94. The van der Waals surface area contributed by atoms with Gasteiger partial charge in [-0.3, -0.25) is 4.79 Å². The molecule has 0 unspecified atom stereocenters. The summed E-state index contributed by atoms with van der Waals surface area (Å²) in [6.07, 6.45) is 3.80. The Labute approximate surface area is 102 Å². The van der Waals surface area contributed by atoms with Gasteiger partial charge >= 0.3 is 0 Å². The van der Waals surface area contributed by atoms with Gasteiger partial charge in [0.2, 0.25) is 0 Å². The largest absolute Gasteiger partial charge is 0.872 e. The van der Waals surface area contributed by atoms with Crippen LogP contribution in [-0.4, -0.2) is 18.9 Å². The Morgan fingerprint density at radius 2 is 2.00 bits per heavy atom. The van der Waals surface area contributed by atoms with Gasteiger partial charge in [0.15, 0.2) is 5.78 Å². The van der Waals surface area contributed by atoms with Crippen LogP contribution in [0.2, 0.25) is 0 Å². The molecule has 3 nitrogen and oxygen atoms in total. The molecule has 1 aliphatic heterocycles. The molecular weight excluding hydrogens is 214 g/mol. The second kappa shape index (κ2) is 5.32. The number of benzene rings is 1. The molecule has 17 heavy (non-hydrogen) atoms. The lowest BCUT2D eigenvalue weighted by Crippen LogP contribution is -3.11. The van der Waals surface area contributed by atoms with Gasteiger partial charge in [-0.15, -0.1) is 5.75 Å². The van der Waals surface area contributed by atoms with Crippen molar-refractivity contribution in [2.24, 2.45) is 0 Å².